The number of aromatic nitrogens is 4. The third-order valence-corrected chi connectivity index (χ3v) is 9.31. The lowest BCUT2D eigenvalue weighted by molar-refractivity contribution is 1.27. The molecule has 0 amide bonds. The van der Waals surface area contributed by atoms with Gasteiger partial charge in [-0.15, -0.1) is 0 Å². The average Bonchev–Trinajstić information content (AvgIpc) is 3.98. The van der Waals surface area contributed by atoms with E-state index in [0.717, 1.165) is 94.9 Å². The highest BCUT2D eigenvalue weighted by Gasteiger charge is 2.20. The molecule has 3 aromatic heterocycles. The van der Waals surface area contributed by atoms with Crippen LogP contribution in [0.15, 0.2) is 140 Å². The molecule has 232 valence electrons. The molecule has 0 spiro atoms. The molecule has 4 heteroatoms. The summed E-state index contributed by atoms with van der Waals surface area (Å²) < 4.78 is 0. The van der Waals surface area contributed by atoms with Crippen molar-refractivity contribution >= 4 is 46.4 Å². The molecule has 49 heavy (non-hydrogen) atoms. The molecule has 0 radical (unpaired) electrons. The van der Waals surface area contributed by atoms with Gasteiger partial charge in [0.2, 0.25) is 0 Å². The third kappa shape index (κ3) is 5.11. The van der Waals surface area contributed by atoms with Gasteiger partial charge in [-0.2, -0.15) is 0 Å². The van der Waals surface area contributed by atoms with Gasteiger partial charge in [0, 0.05) is 38.8 Å². The number of benzene rings is 4. The van der Waals surface area contributed by atoms with E-state index in [2.05, 4.69) is 175 Å². The van der Waals surface area contributed by atoms with E-state index in [1.807, 2.05) is 6.07 Å². The number of hydrogen-bond donors (Lipinski definition) is 2. The molecular weight excluding hydrogens is 597 g/mol. The van der Waals surface area contributed by atoms with Crippen LogP contribution in [-0.2, 0) is 0 Å². The fourth-order valence-electron chi connectivity index (χ4n) is 7.08. The first-order valence-corrected chi connectivity index (χ1v) is 16.6. The van der Waals surface area contributed by atoms with Crippen molar-refractivity contribution in [3.8, 4) is 44.5 Å². The maximum absolute atomic E-state index is 5.38. The number of rotatable bonds is 4. The third-order valence-electron chi connectivity index (χ3n) is 9.31. The van der Waals surface area contributed by atoms with Crippen LogP contribution in [0.2, 0.25) is 0 Å². The monoisotopic (exact) mass is 628 g/mol. The summed E-state index contributed by atoms with van der Waals surface area (Å²) in [6, 6.07) is 48.8. The molecule has 2 N–H and O–H groups in total. The standard InChI is InChI=1S/C45H32N4/c1-29-28-40-43(32-18-10-4-11-19-32)38-25-24-36(47-38)41(30-14-6-2-7-15-30)34-22-23-35(46-34)42(31-16-8-3-9-17-31)37-26-27-39(48-37)44(45(29)49-40)33-20-12-5-13-21-33/h2-28,47,49H,1H3. The van der Waals surface area contributed by atoms with Crippen LogP contribution in [0, 0.1) is 6.92 Å². The van der Waals surface area contributed by atoms with Gasteiger partial charge in [-0.3, -0.25) is 0 Å². The molecular formula is C45H32N4. The van der Waals surface area contributed by atoms with Crippen molar-refractivity contribution in [1.82, 2.24) is 19.9 Å². The SMILES string of the molecule is Cc1cc2[nH]c1c(-c1ccccc1)c1nc(c(-c3ccccc3)c3nc(c(-c4ccccc4)c4ccc([nH]4)c2-c2ccccc2)C=C3)C=C1. The highest BCUT2D eigenvalue weighted by Crippen LogP contribution is 2.39. The van der Waals surface area contributed by atoms with Crippen molar-refractivity contribution in [2.75, 3.05) is 0 Å². The van der Waals surface area contributed by atoms with Gasteiger partial charge in [-0.05, 0) is 77.2 Å². The molecule has 2 aliphatic rings. The van der Waals surface area contributed by atoms with Gasteiger partial charge >= 0.3 is 0 Å². The van der Waals surface area contributed by atoms with Gasteiger partial charge in [-0.1, -0.05) is 121 Å². The topological polar surface area (TPSA) is 57.4 Å². The molecule has 8 bridgehead atoms. The summed E-state index contributed by atoms with van der Waals surface area (Å²) in [6.07, 6.45) is 8.53. The van der Waals surface area contributed by atoms with Crippen molar-refractivity contribution in [3.05, 3.63) is 168 Å². The van der Waals surface area contributed by atoms with Gasteiger partial charge in [0.15, 0.2) is 0 Å². The van der Waals surface area contributed by atoms with E-state index in [0.29, 0.717) is 0 Å². The first-order valence-electron chi connectivity index (χ1n) is 16.6. The summed E-state index contributed by atoms with van der Waals surface area (Å²) in [7, 11) is 0. The molecule has 2 aliphatic heterocycles. The Balaban J connectivity index is 1.51. The minimum absolute atomic E-state index is 0.884. The first-order chi connectivity index (χ1) is 24.2. The maximum atomic E-state index is 5.38. The van der Waals surface area contributed by atoms with Gasteiger partial charge in [-0.25, -0.2) is 9.97 Å². The fourth-order valence-corrected chi connectivity index (χ4v) is 7.08. The van der Waals surface area contributed by atoms with Crippen LogP contribution >= 0.6 is 0 Å². The Morgan fingerprint density at radius 2 is 0.755 bits per heavy atom. The molecule has 0 aliphatic carbocycles. The van der Waals surface area contributed by atoms with Gasteiger partial charge < -0.3 is 9.97 Å². The summed E-state index contributed by atoms with van der Waals surface area (Å²) in [5, 5.41) is 0. The quantitative estimate of drug-likeness (QED) is 0.204. The highest BCUT2D eigenvalue weighted by molar-refractivity contribution is 6.00. The lowest BCUT2D eigenvalue weighted by Gasteiger charge is -2.07. The number of hydrogen-bond acceptors (Lipinski definition) is 2. The molecule has 0 atom stereocenters. The van der Waals surface area contributed by atoms with Gasteiger partial charge in [0.25, 0.3) is 0 Å². The minimum Gasteiger partial charge on any atom is -0.354 e. The molecule has 5 heterocycles. The van der Waals surface area contributed by atoms with Crippen LogP contribution in [0.25, 0.3) is 90.9 Å². The average molecular weight is 629 g/mol. The van der Waals surface area contributed by atoms with Crippen LogP contribution in [0.4, 0.5) is 0 Å². The van der Waals surface area contributed by atoms with E-state index in [1.54, 1.807) is 0 Å². The van der Waals surface area contributed by atoms with Crippen molar-refractivity contribution in [3.63, 3.8) is 0 Å². The Labute approximate surface area is 284 Å². The Morgan fingerprint density at radius 1 is 0.367 bits per heavy atom. The predicted octanol–water partition coefficient (Wildman–Crippen LogP) is 11.6. The molecule has 0 saturated heterocycles. The Bertz CT molecular complexity index is 2570. The molecule has 0 fully saturated rings. The molecule has 4 aromatic carbocycles. The molecule has 0 unspecified atom stereocenters. The molecule has 4 nitrogen and oxygen atoms in total. The van der Waals surface area contributed by atoms with Crippen LogP contribution < -0.4 is 0 Å². The van der Waals surface area contributed by atoms with Crippen molar-refractivity contribution in [2.45, 2.75) is 6.92 Å². The van der Waals surface area contributed by atoms with Crippen LogP contribution in [0.1, 0.15) is 28.3 Å². The van der Waals surface area contributed by atoms with E-state index in [-0.39, 0.29) is 0 Å². The fraction of sp³-hybridized carbons (Fsp3) is 0.0222. The van der Waals surface area contributed by atoms with E-state index in [1.165, 1.54) is 0 Å². The lowest BCUT2D eigenvalue weighted by atomic mass is 10.0. The largest absolute Gasteiger partial charge is 0.354 e. The number of aromatic amines is 2. The number of fused-ring (bicyclic) bond motifs is 8. The van der Waals surface area contributed by atoms with Crippen molar-refractivity contribution in [1.29, 1.82) is 0 Å². The summed E-state index contributed by atoms with van der Waals surface area (Å²) in [6.45, 7) is 2.18. The lowest BCUT2D eigenvalue weighted by Crippen LogP contribution is -1.91. The summed E-state index contributed by atoms with van der Waals surface area (Å²) in [5.41, 5.74) is 17.4. The smallest absolute Gasteiger partial charge is 0.0738 e. The van der Waals surface area contributed by atoms with Crippen LogP contribution in [0.5, 0.6) is 0 Å². The second-order valence-electron chi connectivity index (χ2n) is 12.4. The van der Waals surface area contributed by atoms with Crippen LogP contribution in [-0.4, -0.2) is 19.9 Å². The Hall–Kier alpha value is -6.52. The summed E-state index contributed by atoms with van der Waals surface area (Å²) in [4.78, 5) is 18.4. The first kappa shape index (κ1) is 28.7. The van der Waals surface area contributed by atoms with Crippen LogP contribution in [0.3, 0.4) is 0 Å². The van der Waals surface area contributed by atoms with E-state index in [4.69, 9.17) is 9.97 Å². The normalized spacial score (nSPS) is 12.0. The predicted molar refractivity (Wildman–Crippen MR) is 205 cm³/mol. The number of nitrogens with one attached hydrogen (secondary N) is 2. The van der Waals surface area contributed by atoms with E-state index < -0.39 is 0 Å². The minimum atomic E-state index is 0.884. The summed E-state index contributed by atoms with van der Waals surface area (Å²) >= 11 is 0. The second-order valence-corrected chi connectivity index (χ2v) is 12.4. The Morgan fingerprint density at radius 3 is 1.27 bits per heavy atom. The second kappa shape index (κ2) is 11.9. The molecule has 7 aromatic rings. The maximum Gasteiger partial charge on any atom is 0.0738 e. The number of nitrogens with zero attached hydrogens (tertiary/aromatic N) is 2. The zero-order valence-electron chi connectivity index (χ0n) is 27.0. The Kier molecular flexibility index (Phi) is 6.98. The van der Waals surface area contributed by atoms with Gasteiger partial charge in [0.1, 0.15) is 0 Å². The zero-order chi connectivity index (χ0) is 32.7. The highest BCUT2D eigenvalue weighted by atomic mass is 14.8. The van der Waals surface area contributed by atoms with Crippen molar-refractivity contribution in [2.24, 2.45) is 0 Å². The van der Waals surface area contributed by atoms with Crippen molar-refractivity contribution < 1.29 is 0 Å². The number of aryl methyl sites for hydroxylation is 1. The molecule has 9 rings (SSSR count). The zero-order valence-corrected chi connectivity index (χ0v) is 27.0. The van der Waals surface area contributed by atoms with E-state index in [9.17, 15) is 0 Å². The molecule has 0 saturated carbocycles. The van der Waals surface area contributed by atoms with Gasteiger partial charge in [0.05, 0.1) is 28.3 Å². The summed E-state index contributed by atoms with van der Waals surface area (Å²) in [5.74, 6) is 0. The van der Waals surface area contributed by atoms with E-state index >= 15 is 0 Å². The number of H-pyrrole nitrogens is 2.